The second-order valence-electron chi connectivity index (χ2n) is 6.57. The molecule has 2 fully saturated rings. The van der Waals surface area contributed by atoms with Crippen molar-refractivity contribution in [1.29, 1.82) is 0 Å². The van der Waals surface area contributed by atoms with Crippen molar-refractivity contribution in [2.75, 3.05) is 6.54 Å². The molecule has 114 valence electrons. The Balaban J connectivity index is 1.64. The lowest BCUT2D eigenvalue weighted by molar-refractivity contribution is 0.0729. The second kappa shape index (κ2) is 5.27. The molecule has 0 spiro atoms. The second-order valence-corrected chi connectivity index (χ2v) is 6.57. The maximum Gasteiger partial charge on any atom is 0.257 e. The number of pyridine rings is 1. The summed E-state index contributed by atoms with van der Waals surface area (Å²) in [5.74, 6) is 1.94. The van der Waals surface area contributed by atoms with Crippen LogP contribution in [-0.2, 0) is 0 Å². The van der Waals surface area contributed by atoms with Crippen molar-refractivity contribution in [3.8, 4) is 0 Å². The van der Waals surface area contributed by atoms with E-state index >= 15 is 0 Å². The van der Waals surface area contributed by atoms with E-state index in [-0.39, 0.29) is 11.9 Å². The summed E-state index contributed by atoms with van der Waals surface area (Å²) in [6.07, 6.45) is 8.56. The summed E-state index contributed by atoms with van der Waals surface area (Å²) in [6.45, 7) is 3.00. The van der Waals surface area contributed by atoms with E-state index in [1.807, 2.05) is 23.2 Å². The van der Waals surface area contributed by atoms with Crippen molar-refractivity contribution in [3.05, 3.63) is 53.7 Å². The highest BCUT2D eigenvalue weighted by molar-refractivity contribution is 5.96. The summed E-state index contributed by atoms with van der Waals surface area (Å²) < 4.78 is 5.58. The zero-order chi connectivity index (χ0) is 15.1. The zero-order valence-corrected chi connectivity index (χ0v) is 12.7. The van der Waals surface area contributed by atoms with Gasteiger partial charge in [0.15, 0.2) is 0 Å². The summed E-state index contributed by atoms with van der Waals surface area (Å²) >= 11 is 0. The van der Waals surface area contributed by atoms with Crippen LogP contribution in [0.3, 0.4) is 0 Å². The van der Waals surface area contributed by atoms with Gasteiger partial charge in [-0.1, -0.05) is 13.0 Å². The lowest BCUT2D eigenvalue weighted by Crippen LogP contribution is -2.31. The SMILES string of the molecule is C[C@@H]1C[C@H](c2cccnc2)N(C(=O)c2ccoc2C2CC2)C1. The molecule has 1 saturated carbocycles. The molecule has 22 heavy (non-hydrogen) atoms. The zero-order valence-electron chi connectivity index (χ0n) is 12.7. The molecule has 4 rings (SSSR count). The Kier molecular flexibility index (Phi) is 3.25. The highest BCUT2D eigenvalue weighted by atomic mass is 16.3. The normalized spacial score (nSPS) is 24.7. The molecular formula is C18H20N2O2. The first-order valence-corrected chi connectivity index (χ1v) is 8.02. The largest absolute Gasteiger partial charge is 0.468 e. The van der Waals surface area contributed by atoms with Crippen LogP contribution in [0.4, 0.5) is 0 Å². The number of carbonyl (C=O) groups excluding carboxylic acids is 1. The summed E-state index contributed by atoms with van der Waals surface area (Å²) in [7, 11) is 0. The van der Waals surface area contributed by atoms with Gasteiger partial charge >= 0.3 is 0 Å². The van der Waals surface area contributed by atoms with Gasteiger partial charge in [0, 0.05) is 24.9 Å². The summed E-state index contributed by atoms with van der Waals surface area (Å²) in [5, 5.41) is 0. The molecule has 1 aliphatic carbocycles. The van der Waals surface area contributed by atoms with Crippen LogP contribution in [0.25, 0.3) is 0 Å². The average Bonchev–Trinajstić information content (AvgIpc) is 3.13. The molecule has 2 atom stereocenters. The van der Waals surface area contributed by atoms with Crippen molar-refractivity contribution in [3.63, 3.8) is 0 Å². The number of aromatic nitrogens is 1. The van der Waals surface area contributed by atoms with Crippen LogP contribution >= 0.6 is 0 Å². The molecule has 4 nitrogen and oxygen atoms in total. The Morgan fingerprint density at radius 3 is 2.95 bits per heavy atom. The van der Waals surface area contributed by atoms with E-state index in [1.165, 1.54) is 0 Å². The Morgan fingerprint density at radius 1 is 1.36 bits per heavy atom. The number of likely N-dealkylation sites (tertiary alicyclic amines) is 1. The number of carbonyl (C=O) groups is 1. The molecule has 0 N–H and O–H groups in total. The van der Waals surface area contributed by atoms with E-state index in [2.05, 4.69) is 18.0 Å². The number of nitrogens with zero attached hydrogens (tertiary/aromatic N) is 2. The van der Waals surface area contributed by atoms with Crippen molar-refractivity contribution < 1.29 is 9.21 Å². The molecule has 3 heterocycles. The van der Waals surface area contributed by atoms with Gasteiger partial charge < -0.3 is 9.32 Å². The van der Waals surface area contributed by atoms with Gasteiger partial charge in [-0.2, -0.15) is 0 Å². The average molecular weight is 296 g/mol. The van der Waals surface area contributed by atoms with Gasteiger partial charge in [0.1, 0.15) is 5.76 Å². The predicted molar refractivity (Wildman–Crippen MR) is 82.5 cm³/mol. The molecule has 1 saturated heterocycles. The third-order valence-electron chi connectivity index (χ3n) is 4.71. The minimum atomic E-state index is 0.105. The van der Waals surface area contributed by atoms with Crippen molar-refractivity contribution in [1.82, 2.24) is 9.88 Å². The van der Waals surface area contributed by atoms with Crippen LogP contribution in [0.1, 0.15) is 59.8 Å². The van der Waals surface area contributed by atoms with Crippen LogP contribution in [0.15, 0.2) is 41.3 Å². The Morgan fingerprint density at radius 2 is 2.23 bits per heavy atom. The van der Waals surface area contributed by atoms with E-state index in [0.29, 0.717) is 11.8 Å². The molecule has 2 aliphatic rings. The number of hydrogen-bond donors (Lipinski definition) is 0. The maximum atomic E-state index is 13.0. The molecule has 0 bridgehead atoms. The lowest BCUT2D eigenvalue weighted by Gasteiger charge is -2.24. The van der Waals surface area contributed by atoms with E-state index in [1.54, 1.807) is 12.5 Å². The van der Waals surface area contributed by atoms with Gasteiger partial charge in [-0.3, -0.25) is 9.78 Å². The van der Waals surface area contributed by atoms with Gasteiger partial charge in [-0.05, 0) is 42.9 Å². The first-order valence-electron chi connectivity index (χ1n) is 8.02. The van der Waals surface area contributed by atoms with Crippen LogP contribution in [0.5, 0.6) is 0 Å². The van der Waals surface area contributed by atoms with Crippen LogP contribution < -0.4 is 0 Å². The molecule has 1 aliphatic heterocycles. The van der Waals surface area contributed by atoms with Crippen molar-refractivity contribution in [2.45, 2.75) is 38.1 Å². The number of amides is 1. The Labute approximate surface area is 130 Å². The minimum absolute atomic E-state index is 0.105. The van der Waals surface area contributed by atoms with Gasteiger partial charge in [-0.25, -0.2) is 0 Å². The molecule has 2 aromatic rings. The maximum absolute atomic E-state index is 13.0. The predicted octanol–water partition coefficient (Wildman–Crippen LogP) is 3.78. The summed E-state index contributed by atoms with van der Waals surface area (Å²) in [5.41, 5.74) is 1.88. The monoisotopic (exact) mass is 296 g/mol. The first kappa shape index (κ1) is 13.6. The van der Waals surface area contributed by atoms with Crippen molar-refractivity contribution in [2.24, 2.45) is 5.92 Å². The summed E-state index contributed by atoms with van der Waals surface area (Å²) in [6, 6.07) is 5.96. The van der Waals surface area contributed by atoms with Gasteiger partial charge in [0.05, 0.1) is 17.9 Å². The van der Waals surface area contributed by atoms with E-state index in [9.17, 15) is 4.79 Å². The minimum Gasteiger partial charge on any atom is -0.468 e. The van der Waals surface area contributed by atoms with Gasteiger partial charge in [0.2, 0.25) is 0 Å². The Hall–Kier alpha value is -2.10. The van der Waals surface area contributed by atoms with Crippen LogP contribution in [0.2, 0.25) is 0 Å². The third-order valence-corrected chi connectivity index (χ3v) is 4.71. The molecule has 0 unspecified atom stereocenters. The van der Waals surface area contributed by atoms with Crippen molar-refractivity contribution >= 4 is 5.91 Å². The fraction of sp³-hybridized carbons (Fsp3) is 0.444. The molecule has 0 radical (unpaired) electrons. The molecular weight excluding hydrogens is 276 g/mol. The molecule has 4 heteroatoms. The van der Waals surface area contributed by atoms with Gasteiger partial charge in [0.25, 0.3) is 5.91 Å². The third kappa shape index (κ3) is 2.32. The fourth-order valence-electron chi connectivity index (χ4n) is 3.47. The van der Waals surface area contributed by atoms with Gasteiger partial charge in [-0.15, -0.1) is 0 Å². The molecule has 1 amide bonds. The molecule has 2 aromatic heterocycles. The standard InChI is InChI=1S/C18H20N2O2/c1-12-9-16(14-3-2-7-19-10-14)20(11-12)18(21)15-6-8-22-17(15)13-4-5-13/h2-3,6-8,10,12-13,16H,4-5,9,11H2,1H3/t12-,16-/m1/s1. The lowest BCUT2D eigenvalue weighted by atomic mass is 10.0. The van der Waals surface area contributed by atoms with Crippen LogP contribution in [0, 0.1) is 5.92 Å². The number of hydrogen-bond acceptors (Lipinski definition) is 3. The smallest absolute Gasteiger partial charge is 0.257 e. The van der Waals surface area contributed by atoms with E-state index in [0.717, 1.165) is 42.7 Å². The number of furan rings is 1. The topological polar surface area (TPSA) is 46.3 Å². The number of rotatable bonds is 3. The highest BCUT2D eigenvalue weighted by Gasteiger charge is 2.38. The van der Waals surface area contributed by atoms with E-state index in [4.69, 9.17) is 4.42 Å². The summed E-state index contributed by atoms with van der Waals surface area (Å²) in [4.78, 5) is 19.2. The highest BCUT2D eigenvalue weighted by Crippen LogP contribution is 2.43. The quantitative estimate of drug-likeness (QED) is 0.866. The molecule has 0 aromatic carbocycles. The first-order chi connectivity index (χ1) is 10.7. The Bertz CT molecular complexity index is 675. The van der Waals surface area contributed by atoms with E-state index < -0.39 is 0 Å². The fourth-order valence-corrected chi connectivity index (χ4v) is 3.47. The van der Waals surface area contributed by atoms with Crippen LogP contribution in [-0.4, -0.2) is 22.3 Å².